The van der Waals surface area contributed by atoms with E-state index in [-0.39, 0.29) is 17.5 Å². The summed E-state index contributed by atoms with van der Waals surface area (Å²) in [7, 11) is 3.46. The number of anilines is 2. The molecule has 1 aliphatic rings. The van der Waals surface area contributed by atoms with Crippen LogP contribution in [0.1, 0.15) is 67.7 Å². The quantitative estimate of drug-likeness (QED) is 0.121. The number of nitro groups is 1. The van der Waals surface area contributed by atoms with Crippen LogP contribution in [0.25, 0.3) is 12.2 Å². The van der Waals surface area contributed by atoms with Gasteiger partial charge in [-0.15, -0.1) is 11.3 Å². The number of carbonyl (C=O) groups excluding carboxylic acids is 3. The van der Waals surface area contributed by atoms with Crippen LogP contribution in [-0.4, -0.2) is 81.1 Å². The average molecular weight is 703 g/mol. The van der Waals surface area contributed by atoms with Gasteiger partial charge in [0.1, 0.15) is 17.1 Å². The molecule has 4 heterocycles. The number of amides is 3. The highest BCUT2D eigenvalue weighted by molar-refractivity contribution is 7.16. The zero-order chi connectivity index (χ0) is 35.8. The van der Waals surface area contributed by atoms with Crippen molar-refractivity contribution in [1.82, 2.24) is 24.3 Å². The molecule has 15 heteroatoms. The van der Waals surface area contributed by atoms with Gasteiger partial charge in [0.25, 0.3) is 23.4 Å². The van der Waals surface area contributed by atoms with Crippen LogP contribution in [0, 0.1) is 16.0 Å². The first kappa shape index (κ1) is 36.2. The van der Waals surface area contributed by atoms with Crippen LogP contribution in [0.2, 0.25) is 0 Å². The van der Waals surface area contributed by atoms with Gasteiger partial charge in [-0.3, -0.25) is 34.7 Å². The van der Waals surface area contributed by atoms with E-state index in [9.17, 15) is 24.5 Å². The van der Waals surface area contributed by atoms with Gasteiger partial charge in [-0.1, -0.05) is 26.0 Å². The van der Waals surface area contributed by atoms with E-state index in [0.717, 1.165) is 42.1 Å². The molecular weight excluding hydrogens is 661 g/mol. The topological polar surface area (TPSA) is 166 Å². The number of nitrogens with one attached hydrogen (secondary N) is 3. The number of nitro benzene ring substituents is 1. The molecule has 1 saturated heterocycles. The molecule has 0 spiro atoms. The van der Waals surface area contributed by atoms with Gasteiger partial charge >= 0.3 is 0 Å². The lowest BCUT2D eigenvalue weighted by Crippen LogP contribution is -2.41. The third-order valence-electron chi connectivity index (χ3n) is 8.23. The smallest absolute Gasteiger partial charge is 0.274 e. The molecule has 3 N–H and O–H groups in total. The van der Waals surface area contributed by atoms with Crippen molar-refractivity contribution in [3.05, 3.63) is 92.0 Å². The number of carbonyl (C=O) groups is 3. The number of aromatic nitrogens is 3. The van der Waals surface area contributed by atoms with Crippen LogP contribution >= 0.6 is 11.3 Å². The summed E-state index contributed by atoms with van der Waals surface area (Å²) in [4.78, 5) is 57.8. The van der Waals surface area contributed by atoms with Crippen LogP contribution in [0.4, 0.5) is 16.5 Å². The number of rotatable bonds is 14. The molecule has 264 valence electrons. The number of morpholine rings is 1. The number of aryl methyl sites for hydroxylation is 3. The third-order valence-corrected chi connectivity index (χ3v) is 9.26. The lowest BCUT2D eigenvalue weighted by atomic mass is 10.1. The van der Waals surface area contributed by atoms with Crippen molar-refractivity contribution in [2.24, 2.45) is 20.0 Å². The van der Waals surface area contributed by atoms with Gasteiger partial charge in [-0.05, 0) is 54.2 Å². The van der Waals surface area contributed by atoms with Crippen LogP contribution in [0.15, 0.2) is 48.8 Å². The fourth-order valence-electron chi connectivity index (χ4n) is 5.43. The Labute approximate surface area is 294 Å². The maximum atomic E-state index is 13.4. The lowest BCUT2D eigenvalue weighted by Gasteiger charge is -2.26. The lowest BCUT2D eigenvalue weighted by molar-refractivity contribution is -0.384. The van der Waals surface area contributed by atoms with Gasteiger partial charge < -0.3 is 24.5 Å². The zero-order valence-corrected chi connectivity index (χ0v) is 29.4. The van der Waals surface area contributed by atoms with Crippen LogP contribution in [-0.2, 0) is 25.3 Å². The second kappa shape index (κ2) is 16.5. The maximum absolute atomic E-state index is 13.4. The van der Waals surface area contributed by atoms with E-state index in [4.69, 9.17) is 4.74 Å². The van der Waals surface area contributed by atoms with E-state index in [1.54, 1.807) is 66.0 Å². The summed E-state index contributed by atoms with van der Waals surface area (Å²) >= 11 is 1.30. The second-order valence-electron chi connectivity index (χ2n) is 12.5. The molecule has 3 amide bonds. The predicted molar refractivity (Wildman–Crippen MR) is 194 cm³/mol. The number of benzene rings is 1. The Kier molecular flexibility index (Phi) is 12.0. The summed E-state index contributed by atoms with van der Waals surface area (Å²) in [6.45, 7) is 8.52. The van der Waals surface area contributed by atoms with Crippen molar-refractivity contribution in [1.29, 1.82) is 0 Å². The Bertz CT molecular complexity index is 1870. The van der Waals surface area contributed by atoms with Gasteiger partial charge in [0, 0.05) is 69.7 Å². The molecule has 1 fully saturated rings. The van der Waals surface area contributed by atoms with Crippen molar-refractivity contribution in [3.63, 3.8) is 0 Å². The maximum Gasteiger partial charge on any atom is 0.274 e. The van der Waals surface area contributed by atoms with E-state index in [2.05, 4.69) is 39.7 Å². The SMILES string of the molecule is CC(C)CCc1sc(NC(=O)c2cc(NC(=O)c3cc(/C=C/c4ccc([N+](=O)[O-])cc4)cn3C)cn2C)nc1C(=O)NCCN1CCOCC1. The molecule has 0 unspecified atom stereocenters. The van der Waals surface area contributed by atoms with Gasteiger partial charge in [0.15, 0.2) is 5.13 Å². The number of non-ortho nitro benzene ring substituents is 1. The van der Waals surface area contributed by atoms with Crippen molar-refractivity contribution < 1.29 is 24.0 Å². The number of hydrogen-bond acceptors (Lipinski definition) is 9. The normalized spacial score (nSPS) is 13.5. The van der Waals surface area contributed by atoms with Gasteiger partial charge in [0.2, 0.25) is 0 Å². The highest BCUT2D eigenvalue weighted by Gasteiger charge is 2.22. The van der Waals surface area contributed by atoms with E-state index < -0.39 is 10.8 Å². The first-order chi connectivity index (χ1) is 24.0. The number of thiazole rings is 1. The second-order valence-corrected chi connectivity index (χ2v) is 13.6. The average Bonchev–Trinajstić information content (AvgIpc) is 3.79. The van der Waals surface area contributed by atoms with E-state index in [0.29, 0.717) is 60.0 Å². The molecule has 0 atom stereocenters. The standard InChI is InChI=1S/C35H42N8O6S/c1-23(2)5-12-30-31(34(46)36-13-14-42-15-17-49-18-16-42)38-35(50-30)39-33(45)29-20-26(22-41(29)4)37-32(44)28-19-25(21-40(28)3)7-6-24-8-10-27(11-9-24)43(47)48/h6-11,19-23H,5,12-18H2,1-4H3,(H,36,46)(H,37,44)(H,38,39,45)/b7-6+. The first-order valence-electron chi connectivity index (χ1n) is 16.4. The summed E-state index contributed by atoms with van der Waals surface area (Å²) in [5, 5.41) is 19.9. The largest absolute Gasteiger partial charge is 0.379 e. The molecule has 0 saturated carbocycles. The van der Waals surface area contributed by atoms with Crippen molar-refractivity contribution in [3.8, 4) is 0 Å². The molecule has 0 radical (unpaired) electrons. The molecule has 0 bridgehead atoms. The van der Waals surface area contributed by atoms with E-state index in [1.807, 2.05) is 6.08 Å². The molecule has 1 aromatic carbocycles. The van der Waals surface area contributed by atoms with Gasteiger partial charge in [0.05, 0.1) is 23.8 Å². The molecule has 4 aromatic rings. The Morgan fingerprint density at radius 2 is 1.62 bits per heavy atom. The summed E-state index contributed by atoms with van der Waals surface area (Å²) in [6.07, 6.45) is 8.61. The van der Waals surface area contributed by atoms with Crippen LogP contribution in [0.5, 0.6) is 0 Å². The monoisotopic (exact) mass is 702 g/mol. The molecule has 0 aliphatic carbocycles. The van der Waals surface area contributed by atoms with E-state index in [1.165, 1.54) is 23.5 Å². The minimum absolute atomic E-state index is 0.0150. The van der Waals surface area contributed by atoms with Crippen molar-refractivity contribution >= 4 is 57.7 Å². The number of ether oxygens (including phenoxy) is 1. The first-order valence-corrected chi connectivity index (χ1v) is 17.2. The minimum Gasteiger partial charge on any atom is -0.379 e. The summed E-state index contributed by atoms with van der Waals surface area (Å²) < 4.78 is 8.70. The van der Waals surface area contributed by atoms with Gasteiger partial charge in [-0.2, -0.15) is 0 Å². The van der Waals surface area contributed by atoms with Crippen molar-refractivity contribution in [2.45, 2.75) is 26.7 Å². The molecule has 1 aliphatic heterocycles. The highest BCUT2D eigenvalue weighted by atomic mass is 32.1. The molecule has 3 aromatic heterocycles. The molecule has 5 rings (SSSR count). The molecule has 14 nitrogen and oxygen atoms in total. The number of hydrogen-bond donors (Lipinski definition) is 3. The zero-order valence-electron chi connectivity index (χ0n) is 28.6. The number of nitrogens with zero attached hydrogens (tertiary/aromatic N) is 5. The Morgan fingerprint density at radius 3 is 2.32 bits per heavy atom. The fraction of sp³-hybridized carbons (Fsp3) is 0.371. The van der Waals surface area contributed by atoms with Crippen molar-refractivity contribution in [2.75, 3.05) is 50.0 Å². The Morgan fingerprint density at radius 1 is 0.960 bits per heavy atom. The summed E-state index contributed by atoms with van der Waals surface area (Å²) in [6, 6.07) is 9.48. The van der Waals surface area contributed by atoms with Crippen LogP contribution in [0.3, 0.4) is 0 Å². The van der Waals surface area contributed by atoms with E-state index >= 15 is 0 Å². The molecule has 50 heavy (non-hydrogen) atoms. The van der Waals surface area contributed by atoms with Gasteiger partial charge in [-0.25, -0.2) is 4.98 Å². The molecular formula is C35H42N8O6S. The highest BCUT2D eigenvalue weighted by Crippen LogP contribution is 2.27. The predicted octanol–water partition coefficient (Wildman–Crippen LogP) is 5.05. The third kappa shape index (κ3) is 9.52. The summed E-state index contributed by atoms with van der Waals surface area (Å²) in [5.41, 5.74) is 3.03. The Balaban J connectivity index is 1.21. The Hall–Kier alpha value is -5.12. The minimum atomic E-state index is -0.449. The van der Waals surface area contributed by atoms with Crippen LogP contribution < -0.4 is 16.0 Å². The fourth-order valence-corrected chi connectivity index (χ4v) is 6.40. The summed E-state index contributed by atoms with van der Waals surface area (Å²) in [5.74, 6) is -0.610.